The number of carbonyl (C=O) groups is 1. The van der Waals surface area contributed by atoms with Crippen LogP contribution in [0.4, 0.5) is 0 Å². The Balaban J connectivity index is 2.27. The normalized spacial score (nSPS) is 10.2. The molecule has 0 aliphatic heterocycles. The van der Waals surface area contributed by atoms with Crippen molar-refractivity contribution in [2.75, 3.05) is 0 Å². The summed E-state index contributed by atoms with van der Waals surface area (Å²) in [6.45, 7) is 0. The molecule has 0 aliphatic rings. The molecule has 6 heteroatoms. The summed E-state index contributed by atoms with van der Waals surface area (Å²) in [7, 11) is 0. The number of aromatic hydroxyl groups is 2. The van der Waals surface area contributed by atoms with Gasteiger partial charge in [0.2, 0.25) is 11.8 Å². The van der Waals surface area contributed by atoms with Crippen LogP contribution in [0.1, 0.15) is 10.4 Å². The van der Waals surface area contributed by atoms with Gasteiger partial charge in [0.1, 0.15) is 0 Å². The summed E-state index contributed by atoms with van der Waals surface area (Å²) in [5.41, 5.74) is 0.362. The van der Waals surface area contributed by atoms with Gasteiger partial charge in [-0.25, -0.2) is 4.79 Å². The number of benzene rings is 1. The predicted octanol–water partition coefficient (Wildman–Crippen LogP) is 1.77. The van der Waals surface area contributed by atoms with Crippen LogP contribution in [0.25, 0.3) is 0 Å². The molecular formula is C11H8INO4. The van der Waals surface area contributed by atoms with Gasteiger partial charge < -0.3 is 15.1 Å². The maximum absolute atomic E-state index is 11.8. The standard InChI is InChI=1S/C11H8INO4/c12-8-4-2-1-3-7(8)11(16)17-13-9(14)5-6-10(13)15/h1-6,14-15H. The van der Waals surface area contributed by atoms with Gasteiger partial charge >= 0.3 is 5.97 Å². The van der Waals surface area contributed by atoms with Crippen molar-refractivity contribution in [2.24, 2.45) is 0 Å². The summed E-state index contributed by atoms with van der Waals surface area (Å²) < 4.78 is 1.38. The molecule has 0 atom stereocenters. The van der Waals surface area contributed by atoms with E-state index >= 15 is 0 Å². The summed E-state index contributed by atoms with van der Waals surface area (Å²) in [4.78, 5) is 16.6. The van der Waals surface area contributed by atoms with Crippen molar-refractivity contribution in [1.82, 2.24) is 4.73 Å². The molecule has 0 unspecified atom stereocenters. The molecule has 0 saturated carbocycles. The average molecular weight is 345 g/mol. The average Bonchev–Trinajstić information content (AvgIpc) is 2.61. The molecule has 5 nitrogen and oxygen atoms in total. The van der Waals surface area contributed by atoms with Gasteiger partial charge in [0.05, 0.1) is 5.56 Å². The molecule has 0 fully saturated rings. The first-order valence-electron chi connectivity index (χ1n) is 4.66. The van der Waals surface area contributed by atoms with Crippen LogP contribution in [0.15, 0.2) is 36.4 Å². The van der Waals surface area contributed by atoms with E-state index in [1.807, 2.05) is 22.6 Å². The highest BCUT2D eigenvalue weighted by atomic mass is 127. The third-order valence-corrected chi connectivity index (χ3v) is 3.01. The lowest BCUT2D eigenvalue weighted by molar-refractivity contribution is 0.0380. The molecule has 1 aromatic heterocycles. The summed E-state index contributed by atoms with van der Waals surface area (Å²) in [6.07, 6.45) is 0. The van der Waals surface area contributed by atoms with E-state index in [0.717, 1.165) is 3.57 Å². The van der Waals surface area contributed by atoms with Crippen LogP contribution in [-0.2, 0) is 0 Å². The van der Waals surface area contributed by atoms with Crippen LogP contribution < -0.4 is 4.84 Å². The second kappa shape index (κ2) is 4.66. The van der Waals surface area contributed by atoms with Crippen molar-refractivity contribution >= 4 is 28.6 Å². The highest BCUT2D eigenvalue weighted by Crippen LogP contribution is 2.20. The first kappa shape index (κ1) is 11.8. The lowest BCUT2D eigenvalue weighted by atomic mass is 10.2. The van der Waals surface area contributed by atoms with Crippen molar-refractivity contribution in [3.63, 3.8) is 0 Å². The topological polar surface area (TPSA) is 71.7 Å². The van der Waals surface area contributed by atoms with E-state index < -0.39 is 5.97 Å². The van der Waals surface area contributed by atoms with Crippen LogP contribution in [0.2, 0.25) is 0 Å². The first-order chi connectivity index (χ1) is 8.09. The van der Waals surface area contributed by atoms with Gasteiger partial charge in [-0.1, -0.05) is 12.1 Å². The van der Waals surface area contributed by atoms with Crippen molar-refractivity contribution < 1.29 is 19.8 Å². The monoisotopic (exact) mass is 345 g/mol. The Morgan fingerprint density at radius 3 is 2.29 bits per heavy atom. The van der Waals surface area contributed by atoms with E-state index in [-0.39, 0.29) is 11.8 Å². The van der Waals surface area contributed by atoms with E-state index in [4.69, 9.17) is 4.84 Å². The molecule has 0 saturated heterocycles. The number of rotatable bonds is 2. The molecule has 0 radical (unpaired) electrons. The molecule has 17 heavy (non-hydrogen) atoms. The van der Waals surface area contributed by atoms with Crippen LogP contribution >= 0.6 is 22.6 Å². The number of aromatic nitrogens is 1. The Morgan fingerprint density at radius 2 is 1.71 bits per heavy atom. The van der Waals surface area contributed by atoms with Crippen LogP contribution in [0.3, 0.4) is 0 Å². The third kappa shape index (κ3) is 2.36. The number of nitrogens with zero attached hydrogens (tertiary/aromatic N) is 1. The molecule has 0 amide bonds. The fraction of sp³-hybridized carbons (Fsp3) is 0. The van der Waals surface area contributed by atoms with Gasteiger partial charge in [-0.05, 0) is 34.7 Å². The fourth-order valence-electron chi connectivity index (χ4n) is 1.25. The highest BCUT2D eigenvalue weighted by Gasteiger charge is 2.15. The molecule has 1 heterocycles. The fourth-order valence-corrected chi connectivity index (χ4v) is 1.86. The Kier molecular flexibility index (Phi) is 3.23. The van der Waals surface area contributed by atoms with Crippen molar-refractivity contribution in [3.05, 3.63) is 45.5 Å². The zero-order chi connectivity index (χ0) is 12.4. The Hall–Kier alpha value is -1.70. The van der Waals surface area contributed by atoms with E-state index in [2.05, 4.69) is 0 Å². The molecule has 88 valence electrons. The second-order valence-electron chi connectivity index (χ2n) is 3.20. The predicted molar refractivity (Wildman–Crippen MR) is 67.8 cm³/mol. The molecule has 2 rings (SSSR count). The van der Waals surface area contributed by atoms with Crippen molar-refractivity contribution in [2.45, 2.75) is 0 Å². The molecule has 2 N–H and O–H groups in total. The van der Waals surface area contributed by atoms with Gasteiger partial charge in [0.15, 0.2) is 0 Å². The Bertz CT molecular complexity index is 545. The molecule has 0 spiro atoms. The van der Waals surface area contributed by atoms with E-state index in [0.29, 0.717) is 10.3 Å². The smallest absolute Gasteiger partial charge is 0.365 e. The van der Waals surface area contributed by atoms with Crippen molar-refractivity contribution in [1.29, 1.82) is 0 Å². The quantitative estimate of drug-likeness (QED) is 0.814. The number of halogens is 1. The SMILES string of the molecule is O=C(On1c(O)ccc1O)c1ccccc1I. The minimum atomic E-state index is -0.656. The highest BCUT2D eigenvalue weighted by molar-refractivity contribution is 14.1. The van der Waals surface area contributed by atoms with Gasteiger partial charge in [0.25, 0.3) is 0 Å². The second-order valence-corrected chi connectivity index (χ2v) is 4.36. The minimum Gasteiger partial charge on any atom is -0.492 e. The molecule has 2 aromatic rings. The van der Waals surface area contributed by atoms with Gasteiger partial charge in [0, 0.05) is 15.7 Å². The van der Waals surface area contributed by atoms with E-state index in [9.17, 15) is 15.0 Å². The lowest BCUT2D eigenvalue weighted by Gasteiger charge is -2.07. The Labute approximate surface area is 110 Å². The first-order valence-corrected chi connectivity index (χ1v) is 5.74. The minimum absolute atomic E-state index is 0.346. The largest absolute Gasteiger partial charge is 0.492 e. The number of carbonyl (C=O) groups excluding carboxylic acids is 1. The van der Waals surface area contributed by atoms with Crippen LogP contribution in [0, 0.1) is 3.57 Å². The molecule has 1 aromatic carbocycles. The van der Waals surface area contributed by atoms with Crippen molar-refractivity contribution in [3.8, 4) is 11.8 Å². The van der Waals surface area contributed by atoms with Crippen LogP contribution in [-0.4, -0.2) is 20.9 Å². The summed E-state index contributed by atoms with van der Waals surface area (Å²) >= 11 is 2.00. The zero-order valence-electron chi connectivity index (χ0n) is 8.50. The van der Waals surface area contributed by atoms with Crippen LogP contribution in [0.5, 0.6) is 11.8 Å². The van der Waals surface area contributed by atoms with E-state index in [1.54, 1.807) is 24.3 Å². The summed E-state index contributed by atoms with van der Waals surface area (Å²) in [5.74, 6) is -1.35. The summed E-state index contributed by atoms with van der Waals surface area (Å²) in [6, 6.07) is 9.29. The van der Waals surface area contributed by atoms with Gasteiger partial charge in [-0.2, -0.15) is 0 Å². The number of hydrogen-bond donors (Lipinski definition) is 2. The third-order valence-electron chi connectivity index (χ3n) is 2.07. The summed E-state index contributed by atoms with van der Waals surface area (Å²) in [5, 5.41) is 18.6. The molecular weight excluding hydrogens is 337 g/mol. The lowest BCUT2D eigenvalue weighted by Crippen LogP contribution is -2.19. The van der Waals surface area contributed by atoms with Gasteiger partial charge in [-0.15, -0.1) is 4.73 Å². The molecule has 0 aliphatic carbocycles. The maximum atomic E-state index is 11.8. The number of hydrogen-bond acceptors (Lipinski definition) is 4. The Morgan fingerprint density at radius 1 is 1.12 bits per heavy atom. The van der Waals surface area contributed by atoms with Gasteiger partial charge in [-0.3, -0.25) is 0 Å². The maximum Gasteiger partial charge on any atom is 0.365 e. The molecule has 0 bridgehead atoms. The zero-order valence-corrected chi connectivity index (χ0v) is 10.7. The van der Waals surface area contributed by atoms with E-state index in [1.165, 1.54) is 12.1 Å².